The van der Waals surface area contributed by atoms with Crippen LogP contribution in [-0.2, 0) is 5.41 Å². The molecule has 6 nitrogen and oxygen atoms in total. The predicted octanol–water partition coefficient (Wildman–Crippen LogP) is 5.40. The lowest BCUT2D eigenvalue weighted by atomic mass is 9.52. The van der Waals surface area contributed by atoms with Crippen LogP contribution in [0.2, 0.25) is 0 Å². The molecule has 0 saturated heterocycles. The third-order valence-corrected chi connectivity index (χ3v) is 8.85. The molecule has 0 N–H and O–H groups in total. The zero-order chi connectivity index (χ0) is 23.3. The molecule has 0 saturated carbocycles. The van der Waals surface area contributed by atoms with Gasteiger partial charge < -0.3 is 4.90 Å². The summed E-state index contributed by atoms with van der Waals surface area (Å²) in [4.78, 5) is 13.8. The van der Waals surface area contributed by atoms with Gasteiger partial charge in [0.2, 0.25) is 5.82 Å². The summed E-state index contributed by atoms with van der Waals surface area (Å²) in [5.74, 6) is 1.43. The molecule has 0 radical (unpaired) electrons. The Kier molecular flexibility index (Phi) is 4.39. The second kappa shape index (κ2) is 6.27. The van der Waals surface area contributed by atoms with E-state index >= 15 is 0 Å². The fourth-order valence-electron chi connectivity index (χ4n) is 5.46. The lowest BCUT2D eigenvalue weighted by Crippen LogP contribution is -2.63. The molecule has 2 aromatic rings. The number of nitrogens with zero attached hydrogens (tertiary/aromatic N) is 6. The van der Waals surface area contributed by atoms with Gasteiger partial charge >= 0.3 is 0 Å². The first-order valence-corrected chi connectivity index (χ1v) is 11.1. The summed E-state index contributed by atoms with van der Waals surface area (Å²) in [6, 6.07) is 0. The highest BCUT2D eigenvalue weighted by Crippen LogP contribution is 2.60. The van der Waals surface area contributed by atoms with E-state index in [1.165, 1.54) is 27.9 Å². The SMILES string of the molecule is CC1=Nn2nc(C)nc2/C1=N\c1c(C)c(C)c2c(c1C)C(C)(C)C(C)(C)C(C)(C)N2C. The van der Waals surface area contributed by atoms with E-state index in [-0.39, 0.29) is 16.4 Å². The van der Waals surface area contributed by atoms with Crippen LogP contribution in [0.15, 0.2) is 10.1 Å². The first kappa shape index (κ1) is 21.7. The summed E-state index contributed by atoms with van der Waals surface area (Å²) >= 11 is 0. The number of aryl methyl sites for hydroxylation is 1. The molecule has 1 aromatic carbocycles. The zero-order valence-electron chi connectivity index (χ0n) is 21.2. The lowest BCUT2D eigenvalue weighted by molar-refractivity contribution is 0.0802. The number of hydrogen-bond acceptors (Lipinski definition) is 5. The van der Waals surface area contributed by atoms with Gasteiger partial charge in [-0.2, -0.15) is 5.10 Å². The number of aliphatic imine (C=N–C) groups is 1. The Bertz CT molecular complexity index is 1170. The van der Waals surface area contributed by atoms with Crippen LogP contribution in [-0.4, -0.2) is 38.9 Å². The van der Waals surface area contributed by atoms with E-state index in [1.807, 2.05) is 13.8 Å². The minimum absolute atomic E-state index is 0.00317. The fourth-order valence-corrected chi connectivity index (χ4v) is 5.46. The van der Waals surface area contributed by atoms with Crippen molar-refractivity contribution < 1.29 is 0 Å². The summed E-state index contributed by atoms with van der Waals surface area (Å²) in [5, 5.41) is 8.89. The van der Waals surface area contributed by atoms with Crippen LogP contribution in [0.25, 0.3) is 0 Å². The van der Waals surface area contributed by atoms with Gasteiger partial charge in [-0.25, -0.2) is 9.98 Å². The van der Waals surface area contributed by atoms with Crippen molar-refractivity contribution in [1.82, 2.24) is 14.9 Å². The molecule has 2 aliphatic heterocycles. The molecule has 0 amide bonds. The Hall–Kier alpha value is -2.50. The van der Waals surface area contributed by atoms with E-state index in [2.05, 4.69) is 89.4 Å². The van der Waals surface area contributed by atoms with Crippen LogP contribution < -0.4 is 4.90 Å². The molecule has 0 aliphatic carbocycles. The molecule has 0 bridgehead atoms. The van der Waals surface area contributed by atoms with Crippen molar-refractivity contribution in [3.05, 3.63) is 33.9 Å². The van der Waals surface area contributed by atoms with Gasteiger partial charge in [-0.3, -0.25) is 0 Å². The highest BCUT2D eigenvalue weighted by atomic mass is 15.6. The topological polar surface area (TPSA) is 58.7 Å². The Morgan fingerprint density at radius 3 is 2.06 bits per heavy atom. The standard InChI is InChI=1S/C25H36N6/c1-13-14(2)21-18(23(6,7)24(8,9)25(10,11)30(21)12)15(3)19(13)27-20-16(4)28-31-22(20)26-17(5)29-31/h1-12H3/b27-20-. The summed E-state index contributed by atoms with van der Waals surface area (Å²) < 4.78 is 0. The van der Waals surface area contributed by atoms with Crippen molar-refractivity contribution in [1.29, 1.82) is 0 Å². The van der Waals surface area contributed by atoms with Gasteiger partial charge in [-0.15, -0.1) is 9.89 Å². The molecule has 6 heteroatoms. The van der Waals surface area contributed by atoms with E-state index < -0.39 is 0 Å². The molecule has 4 rings (SSSR count). The van der Waals surface area contributed by atoms with Gasteiger partial charge in [0.05, 0.1) is 11.4 Å². The molecule has 0 atom stereocenters. The van der Waals surface area contributed by atoms with Crippen molar-refractivity contribution >= 4 is 22.8 Å². The molecule has 0 unspecified atom stereocenters. The largest absolute Gasteiger partial charge is 0.368 e. The normalized spacial score (nSPS) is 21.9. The van der Waals surface area contributed by atoms with Gasteiger partial charge in [0.1, 0.15) is 5.71 Å². The molecule has 31 heavy (non-hydrogen) atoms. The Labute approximate surface area is 186 Å². The average Bonchev–Trinajstić information content (AvgIpc) is 3.14. The third-order valence-electron chi connectivity index (χ3n) is 8.85. The summed E-state index contributed by atoms with van der Waals surface area (Å²) in [7, 11) is 2.24. The second-order valence-electron chi connectivity index (χ2n) is 10.8. The number of rotatable bonds is 1. The number of hydrogen-bond donors (Lipinski definition) is 0. The number of aromatic nitrogens is 3. The van der Waals surface area contributed by atoms with E-state index in [0.717, 1.165) is 22.9 Å². The highest BCUT2D eigenvalue weighted by Gasteiger charge is 2.56. The quantitative estimate of drug-likeness (QED) is 0.620. The first-order valence-electron chi connectivity index (χ1n) is 11.1. The van der Waals surface area contributed by atoms with Crippen molar-refractivity contribution in [2.75, 3.05) is 11.9 Å². The van der Waals surface area contributed by atoms with E-state index in [1.54, 1.807) is 4.79 Å². The van der Waals surface area contributed by atoms with Gasteiger partial charge in [0.25, 0.3) is 0 Å². The molecule has 1 aromatic heterocycles. The molecular formula is C25H36N6. The minimum Gasteiger partial charge on any atom is -0.368 e. The Morgan fingerprint density at radius 2 is 1.45 bits per heavy atom. The highest BCUT2D eigenvalue weighted by molar-refractivity contribution is 6.48. The summed E-state index contributed by atoms with van der Waals surface area (Å²) in [6.07, 6.45) is 0. The van der Waals surface area contributed by atoms with Crippen molar-refractivity contribution in [3.8, 4) is 0 Å². The number of fused-ring (bicyclic) bond motifs is 2. The fraction of sp³-hybridized carbons (Fsp3) is 0.600. The van der Waals surface area contributed by atoms with Crippen molar-refractivity contribution in [3.63, 3.8) is 0 Å². The van der Waals surface area contributed by atoms with E-state index in [0.29, 0.717) is 5.82 Å². The van der Waals surface area contributed by atoms with Crippen LogP contribution in [0.1, 0.15) is 82.4 Å². The minimum atomic E-state index is -0.0365. The molecule has 166 valence electrons. The van der Waals surface area contributed by atoms with Crippen LogP contribution in [0, 0.1) is 33.1 Å². The number of benzene rings is 1. The lowest BCUT2D eigenvalue weighted by Gasteiger charge is -2.62. The van der Waals surface area contributed by atoms with Crippen LogP contribution in [0.3, 0.4) is 0 Å². The zero-order valence-corrected chi connectivity index (χ0v) is 21.2. The van der Waals surface area contributed by atoms with Crippen LogP contribution >= 0.6 is 0 Å². The maximum atomic E-state index is 5.18. The molecule has 0 fully saturated rings. The van der Waals surface area contributed by atoms with Gasteiger partial charge in [-0.1, -0.05) is 27.7 Å². The maximum Gasteiger partial charge on any atom is 0.204 e. The third kappa shape index (κ3) is 2.56. The maximum absolute atomic E-state index is 5.18. The van der Waals surface area contributed by atoms with Crippen molar-refractivity contribution in [2.45, 2.75) is 87.1 Å². The Morgan fingerprint density at radius 1 is 0.839 bits per heavy atom. The second-order valence-corrected chi connectivity index (χ2v) is 10.8. The molecular weight excluding hydrogens is 384 g/mol. The van der Waals surface area contributed by atoms with Gasteiger partial charge in [0, 0.05) is 18.3 Å². The van der Waals surface area contributed by atoms with Crippen LogP contribution in [0.4, 0.5) is 11.4 Å². The smallest absolute Gasteiger partial charge is 0.204 e. The average molecular weight is 421 g/mol. The molecule has 0 spiro atoms. The molecule has 2 aliphatic rings. The van der Waals surface area contributed by atoms with Gasteiger partial charge in [0.15, 0.2) is 5.82 Å². The van der Waals surface area contributed by atoms with E-state index in [4.69, 9.17) is 4.99 Å². The van der Waals surface area contributed by atoms with Crippen molar-refractivity contribution in [2.24, 2.45) is 15.5 Å². The first-order chi connectivity index (χ1) is 14.1. The Balaban J connectivity index is 2.05. The molecule has 3 heterocycles. The predicted molar refractivity (Wildman–Crippen MR) is 129 cm³/mol. The monoisotopic (exact) mass is 420 g/mol. The van der Waals surface area contributed by atoms with E-state index in [9.17, 15) is 0 Å². The van der Waals surface area contributed by atoms with Gasteiger partial charge in [-0.05, 0) is 81.5 Å². The number of anilines is 1. The summed E-state index contributed by atoms with van der Waals surface area (Å²) in [5.41, 5.74) is 9.20. The van der Waals surface area contributed by atoms with Crippen LogP contribution in [0.5, 0.6) is 0 Å². The summed E-state index contributed by atoms with van der Waals surface area (Å²) in [6.45, 7) is 24.8.